The first-order valence-electron chi connectivity index (χ1n) is 6.60. The fourth-order valence-electron chi connectivity index (χ4n) is 2.74. The second-order valence-electron chi connectivity index (χ2n) is 5.52. The van der Waals surface area contributed by atoms with Crippen LogP contribution < -0.4 is 5.73 Å². The van der Waals surface area contributed by atoms with Crippen LogP contribution in [0.5, 0.6) is 0 Å². The first-order valence-corrected chi connectivity index (χ1v) is 8.04. The summed E-state index contributed by atoms with van der Waals surface area (Å²) in [5.41, 5.74) is 5.45. The van der Waals surface area contributed by atoms with E-state index in [2.05, 4.69) is 17.1 Å². The minimum Gasteiger partial charge on any atom is -0.329 e. The summed E-state index contributed by atoms with van der Waals surface area (Å²) >= 11 is 0. The molecule has 1 aromatic heterocycles. The summed E-state index contributed by atoms with van der Waals surface area (Å²) in [6.45, 7) is 2.55. The van der Waals surface area contributed by atoms with Gasteiger partial charge < -0.3 is 5.73 Å². The molecule has 19 heavy (non-hydrogen) atoms. The van der Waals surface area contributed by atoms with E-state index in [0.717, 1.165) is 25.7 Å². The number of nitrogens with zero attached hydrogens (tertiary/aromatic N) is 2. The lowest BCUT2D eigenvalue weighted by molar-refractivity contribution is 0.135. The van der Waals surface area contributed by atoms with E-state index >= 15 is 0 Å². The summed E-state index contributed by atoms with van der Waals surface area (Å²) in [7, 11) is -1.89. The molecule has 0 unspecified atom stereocenters. The van der Waals surface area contributed by atoms with E-state index in [1.54, 1.807) is 7.05 Å². The zero-order valence-electron chi connectivity index (χ0n) is 11.5. The molecule has 0 aliphatic heterocycles. The van der Waals surface area contributed by atoms with Gasteiger partial charge in [0.15, 0.2) is 0 Å². The fourth-order valence-corrected chi connectivity index (χ4v) is 4.21. The van der Waals surface area contributed by atoms with Crippen LogP contribution in [-0.2, 0) is 10.0 Å². The average molecular weight is 286 g/mol. The summed E-state index contributed by atoms with van der Waals surface area (Å²) in [5, 5.41) is 6.26. The summed E-state index contributed by atoms with van der Waals surface area (Å²) in [5.74, 6) is 0.643. The number of nitrogens with one attached hydrogen (secondary N) is 1. The van der Waals surface area contributed by atoms with Gasteiger partial charge in [0.05, 0.1) is 6.20 Å². The van der Waals surface area contributed by atoms with Crippen LogP contribution in [0.25, 0.3) is 0 Å². The van der Waals surface area contributed by atoms with Crippen LogP contribution in [0.1, 0.15) is 32.6 Å². The monoisotopic (exact) mass is 286 g/mol. The quantitative estimate of drug-likeness (QED) is 0.861. The minimum atomic E-state index is -3.52. The lowest BCUT2D eigenvalue weighted by Crippen LogP contribution is -2.55. The third-order valence-corrected chi connectivity index (χ3v) is 6.31. The number of sulfonamides is 1. The van der Waals surface area contributed by atoms with Gasteiger partial charge in [-0.25, -0.2) is 8.42 Å². The maximum Gasteiger partial charge on any atom is 0.246 e. The van der Waals surface area contributed by atoms with Crippen LogP contribution >= 0.6 is 0 Å². The van der Waals surface area contributed by atoms with Gasteiger partial charge in [-0.05, 0) is 31.6 Å². The van der Waals surface area contributed by atoms with E-state index in [-0.39, 0.29) is 4.90 Å². The molecule has 7 heteroatoms. The van der Waals surface area contributed by atoms with Crippen molar-refractivity contribution in [3.63, 3.8) is 0 Å². The number of aromatic nitrogens is 2. The average Bonchev–Trinajstić information content (AvgIpc) is 2.94. The van der Waals surface area contributed by atoms with Crippen molar-refractivity contribution < 1.29 is 8.42 Å². The molecular formula is C12H22N4O2S. The normalized spacial score (nSPS) is 28.7. The van der Waals surface area contributed by atoms with Crippen molar-refractivity contribution in [2.45, 2.75) is 43.0 Å². The minimum absolute atomic E-state index is 0.196. The highest BCUT2D eigenvalue weighted by atomic mass is 32.2. The van der Waals surface area contributed by atoms with Crippen LogP contribution in [0.4, 0.5) is 0 Å². The Hall–Kier alpha value is -0.920. The second-order valence-corrected chi connectivity index (χ2v) is 7.49. The van der Waals surface area contributed by atoms with Gasteiger partial charge in [-0.2, -0.15) is 9.40 Å². The Morgan fingerprint density at radius 2 is 2.16 bits per heavy atom. The molecule has 1 aliphatic rings. The number of H-pyrrole nitrogens is 1. The zero-order chi connectivity index (χ0) is 14.1. The van der Waals surface area contributed by atoms with Crippen molar-refractivity contribution in [2.24, 2.45) is 11.7 Å². The molecule has 6 nitrogen and oxygen atoms in total. The van der Waals surface area contributed by atoms with Gasteiger partial charge in [-0.1, -0.05) is 6.92 Å². The van der Waals surface area contributed by atoms with Crippen LogP contribution in [-0.4, -0.2) is 42.1 Å². The van der Waals surface area contributed by atoms with Gasteiger partial charge in [0, 0.05) is 25.3 Å². The van der Waals surface area contributed by atoms with Crippen LogP contribution in [0, 0.1) is 5.92 Å². The van der Waals surface area contributed by atoms with Gasteiger partial charge in [0.2, 0.25) is 10.0 Å². The number of likely N-dealkylation sites (N-methyl/N-ethyl adjacent to an activating group) is 1. The first kappa shape index (κ1) is 14.5. The topological polar surface area (TPSA) is 92.1 Å². The summed E-state index contributed by atoms with van der Waals surface area (Å²) in [4.78, 5) is 0.196. The number of aromatic amines is 1. The van der Waals surface area contributed by atoms with Crippen molar-refractivity contribution in [1.29, 1.82) is 0 Å². The number of hydrogen-bond acceptors (Lipinski definition) is 4. The molecule has 0 radical (unpaired) electrons. The molecule has 0 amide bonds. The Bertz CT molecular complexity index is 504. The molecule has 1 aromatic rings. The number of rotatable bonds is 4. The fraction of sp³-hybridized carbons (Fsp3) is 0.750. The summed E-state index contributed by atoms with van der Waals surface area (Å²) in [6, 6.07) is 0. The molecule has 0 saturated heterocycles. The largest absolute Gasteiger partial charge is 0.329 e. The van der Waals surface area contributed by atoms with E-state index < -0.39 is 15.6 Å². The van der Waals surface area contributed by atoms with E-state index in [0.29, 0.717) is 12.5 Å². The van der Waals surface area contributed by atoms with Crippen molar-refractivity contribution in [1.82, 2.24) is 14.5 Å². The van der Waals surface area contributed by atoms with Crippen LogP contribution in [0.3, 0.4) is 0 Å². The molecule has 108 valence electrons. The predicted molar refractivity (Wildman–Crippen MR) is 73.0 cm³/mol. The summed E-state index contributed by atoms with van der Waals surface area (Å²) in [6.07, 6.45) is 6.41. The highest BCUT2D eigenvalue weighted by Crippen LogP contribution is 2.37. The van der Waals surface area contributed by atoms with Crippen LogP contribution in [0.2, 0.25) is 0 Å². The first-order chi connectivity index (χ1) is 8.92. The van der Waals surface area contributed by atoms with E-state index in [9.17, 15) is 8.42 Å². The standard InChI is InChI=1S/C12H22N4O2S/c1-10-3-5-12(9-13,6-4-10)16(2)19(17,18)11-7-14-15-8-11/h7-8,10H,3-6,9,13H2,1-2H3,(H,14,15). The Labute approximate surface area is 114 Å². The summed E-state index contributed by atoms with van der Waals surface area (Å²) < 4.78 is 26.6. The van der Waals surface area contributed by atoms with Gasteiger partial charge >= 0.3 is 0 Å². The van der Waals surface area contributed by atoms with Crippen molar-refractivity contribution in [3.8, 4) is 0 Å². The SMILES string of the molecule is CC1CCC(CN)(N(C)S(=O)(=O)c2cn[nH]c2)CC1. The second kappa shape index (κ2) is 5.22. The maximum atomic E-state index is 12.5. The Morgan fingerprint density at radius 3 is 2.63 bits per heavy atom. The maximum absolute atomic E-state index is 12.5. The van der Waals surface area contributed by atoms with E-state index in [4.69, 9.17) is 5.73 Å². The Morgan fingerprint density at radius 1 is 1.53 bits per heavy atom. The van der Waals surface area contributed by atoms with Gasteiger partial charge in [0.1, 0.15) is 4.90 Å². The van der Waals surface area contributed by atoms with Crippen LogP contribution in [0.15, 0.2) is 17.3 Å². The molecule has 1 fully saturated rings. The molecule has 1 heterocycles. The third kappa shape index (κ3) is 2.54. The van der Waals surface area contributed by atoms with Crippen molar-refractivity contribution in [3.05, 3.63) is 12.4 Å². The molecule has 0 spiro atoms. The number of nitrogens with two attached hydrogens (primary N) is 1. The molecule has 1 aliphatic carbocycles. The Kier molecular flexibility index (Phi) is 3.98. The highest BCUT2D eigenvalue weighted by molar-refractivity contribution is 7.89. The molecule has 0 aromatic carbocycles. The molecule has 0 atom stereocenters. The molecule has 2 rings (SSSR count). The predicted octanol–water partition coefficient (Wildman–Crippen LogP) is 0.938. The Balaban J connectivity index is 2.29. The van der Waals surface area contributed by atoms with Gasteiger partial charge in [-0.15, -0.1) is 0 Å². The van der Waals surface area contributed by atoms with E-state index in [1.165, 1.54) is 16.7 Å². The molecule has 3 N–H and O–H groups in total. The highest BCUT2D eigenvalue weighted by Gasteiger charge is 2.42. The van der Waals surface area contributed by atoms with Gasteiger partial charge in [-0.3, -0.25) is 5.10 Å². The van der Waals surface area contributed by atoms with Gasteiger partial charge in [0.25, 0.3) is 0 Å². The smallest absolute Gasteiger partial charge is 0.246 e. The zero-order valence-corrected chi connectivity index (χ0v) is 12.3. The lowest BCUT2D eigenvalue weighted by atomic mass is 9.77. The molecule has 0 bridgehead atoms. The third-order valence-electron chi connectivity index (χ3n) is 4.38. The van der Waals surface area contributed by atoms with Crippen molar-refractivity contribution in [2.75, 3.05) is 13.6 Å². The molecule has 1 saturated carbocycles. The van der Waals surface area contributed by atoms with E-state index in [1.807, 2.05) is 0 Å². The van der Waals surface area contributed by atoms with Crippen molar-refractivity contribution >= 4 is 10.0 Å². The lowest BCUT2D eigenvalue weighted by Gasteiger charge is -2.44. The molecular weight excluding hydrogens is 264 g/mol. The number of hydrogen-bond donors (Lipinski definition) is 2.